The molecule has 0 spiro atoms. The molecular formula is C14H13N3O3. The number of rotatable bonds is 4. The van der Waals surface area contributed by atoms with E-state index in [4.69, 9.17) is 14.9 Å². The van der Waals surface area contributed by atoms with Crippen LogP contribution in [0, 0.1) is 0 Å². The maximum absolute atomic E-state index is 11.7. The van der Waals surface area contributed by atoms with Gasteiger partial charge in [-0.3, -0.25) is 4.57 Å². The molecule has 2 N–H and O–H groups in total. The second-order valence-corrected chi connectivity index (χ2v) is 4.26. The summed E-state index contributed by atoms with van der Waals surface area (Å²) in [5.41, 5.74) is 7.28. The molecule has 0 radical (unpaired) electrons. The quantitative estimate of drug-likeness (QED) is 0.729. The van der Waals surface area contributed by atoms with E-state index in [9.17, 15) is 4.79 Å². The lowest BCUT2D eigenvalue weighted by Crippen LogP contribution is -2.19. The molecule has 20 heavy (non-hydrogen) atoms. The third-order valence-electron chi connectivity index (χ3n) is 2.89. The number of nitrogen functional groups attached to an aromatic ring is 1. The van der Waals surface area contributed by atoms with Crippen molar-refractivity contribution in [2.45, 2.75) is 6.54 Å². The van der Waals surface area contributed by atoms with Crippen LogP contribution in [-0.2, 0) is 6.54 Å². The minimum atomic E-state index is -0.431. The van der Waals surface area contributed by atoms with Crippen LogP contribution in [0.4, 0.5) is 5.69 Å². The number of hydrogen-bond acceptors (Lipinski definition) is 5. The van der Waals surface area contributed by atoms with Gasteiger partial charge in [0.2, 0.25) is 0 Å². The van der Waals surface area contributed by atoms with E-state index in [1.807, 2.05) is 0 Å². The Morgan fingerprint density at radius 1 is 1.25 bits per heavy atom. The fourth-order valence-corrected chi connectivity index (χ4v) is 1.92. The summed E-state index contributed by atoms with van der Waals surface area (Å²) in [7, 11) is 0. The number of fused-ring (bicyclic) bond motifs is 1. The topological polar surface area (TPSA) is 83.3 Å². The standard InChI is InChI=1S/C14H13N3O3/c15-10-3-5-11(6-4-10)19-9-8-17-13-12(20-14(17)18)2-1-7-16-13/h1-7H,8-9,15H2. The molecule has 0 aliphatic carbocycles. The monoisotopic (exact) mass is 271 g/mol. The highest BCUT2D eigenvalue weighted by Gasteiger charge is 2.09. The molecule has 0 aliphatic rings. The number of nitrogens with zero attached hydrogens (tertiary/aromatic N) is 2. The maximum atomic E-state index is 11.7. The van der Waals surface area contributed by atoms with Crippen LogP contribution < -0.4 is 16.2 Å². The molecule has 0 fully saturated rings. The molecule has 1 aromatic carbocycles. The summed E-state index contributed by atoms with van der Waals surface area (Å²) in [6.07, 6.45) is 1.62. The van der Waals surface area contributed by atoms with Gasteiger partial charge in [-0.1, -0.05) is 0 Å². The first-order chi connectivity index (χ1) is 9.74. The van der Waals surface area contributed by atoms with Gasteiger partial charge >= 0.3 is 5.76 Å². The minimum Gasteiger partial charge on any atom is -0.492 e. The van der Waals surface area contributed by atoms with Gasteiger partial charge in [0.1, 0.15) is 12.4 Å². The number of nitrogens with two attached hydrogens (primary N) is 1. The lowest BCUT2D eigenvalue weighted by Gasteiger charge is -2.06. The van der Waals surface area contributed by atoms with E-state index in [-0.39, 0.29) is 0 Å². The van der Waals surface area contributed by atoms with E-state index in [1.165, 1.54) is 4.57 Å². The van der Waals surface area contributed by atoms with Crippen LogP contribution in [0.1, 0.15) is 0 Å². The van der Waals surface area contributed by atoms with Crippen molar-refractivity contribution in [2.24, 2.45) is 0 Å². The SMILES string of the molecule is Nc1ccc(OCCn2c(=O)oc3cccnc32)cc1. The summed E-state index contributed by atoms with van der Waals surface area (Å²) in [5, 5.41) is 0. The Kier molecular flexibility index (Phi) is 3.12. The van der Waals surface area contributed by atoms with Gasteiger partial charge in [0.05, 0.1) is 6.54 Å². The Hall–Kier alpha value is -2.76. The van der Waals surface area contributed by atoms with Gasteiger partial charge in [0.25, 0.3) is 0 Å². The molecule has 102 valence electrons. The number of oxazole rings is 1. The van der Waals surface area contributed by atoms with Crippen LogP contribution >= 0.6 is 0 Å². The molecule has 3 aromatic rings. The molecule has 0 saturated heterocycles. The number of hydrogen-bond donors (Lipinski definition) is 1. The molecule has 0 atom stereocenters. The summed E-state index contributed by atoms with van der Waals surface area (Å²) < 4.78 is 12.1. The number of anilines is 1. The molecule has 2 heterocycles. The summed E-state index contributed by atoms with van der Waals surface area (Å²) >= 11 is 0. The lowest BCUT2D eigenvalue weighted by atomic mass is 10.3. The molecular weight excluding hydrogens is 258 g/mol. The van der Waals surface area contributed by atoms with Gasteiger partial charge in [0.15, 0.2) is 11.2 Å². The Morgan fingerprint density at radius 2 is 2.05 bits per heavy atom. The summed E-state index contributed by atoms with van der Waals surface area (Å²) in [6, 6.07) is 10.5. The van der Waals surface area contributed by atoms with E-state index < -0.39 is 5.76 Å². The van der Waals surface area contributed by atoms with Crippen molar-refractivity contribution in [3.05, 3.63) is 53.1 Å². The van der Waals surface area contributed by atoms with Crippen molar-refractivity contribution in [1.82, 2.24) is 9.55 Å². The van der Waals surface area contributed by atoms with Crippen LogP contribution in [0.5, 0.6) is 5.75 Å². The third-order valence-corrected chi connectivity index (χ3v) is 2.89. The maximum Gasteiger partial charge on any atom is 0.421 e. The van der Waals surface area contributed by atoms with Crippen LogP contribution in [-0.4, -0.2) is 16.2 Å². The Morgan fingerprint density at radius 3 is 2.85 bits per heavy atom. The molecule has 0 saturated carbocycles. The van der Waals surface area contributed by atoms with Gasteiger partial charge in [-0.15, -0.1) is 0 Å². The first-order valence-corrected chi connectivity index (χ1v) is 6.17. The van der Waals surface area contributed by atoms with Crippen LogP contribution in [0.15, 0.2) is 51.8 Å². The summed E-state index contributed by atoms with van der Waals surface area (Å²) in [6.45, 7) is 0.711. The number of benzene rings is 1. The highest BCUT2D eigenvalue weighted by atomic mass is 16.5. The molecule has 0 unspecified atom stereocenters. The molecule has 6 nitrogen and oxygen atoms in total. The van der Waals surface area contributed by atoms with Gasteiger partial charge in [-0.25, -0.2) is 9.78 Å². The van der Waals surface area contributed by atoms with E-state index >= 15 is 0 Å². The van der Waals surface area contributed by atoms with E-state index in [0.717, 1.165) is 0 Å². The molecule has 6 heteroatoms. The summed E-state index contributed by atoms with van der Waals surface area (Å²) in [4.78, 5) is 15.8. The predicted octanol–water partition coefficient (Wildman–Crippen LogP) is 1.65. The smallest absolute Gasteiger partial charge is 0.421 e. The second-order valence-electron chi connectivity index (χ2n) is 4.26. The Balaban J connectivity index is 1.72. The molecule has 0 amide bonds. The highest BCUT2D eigenvalue weighted by molar-refractivity contribution is 5.67. The highest BCUT2D eigenvalue weighted by Crippen LogP contribution is 2.13. The van der Waals surface area contributed by atoms with Crippen molar-refractivity contribution in [1.29, 1.82) is 0 Å². The van der Waals surface area contributed by atoms with Crippen molar-refractivity contribution < 1.29 is 9.15 Å². The Bertz CT molecular complexity index is 774. The number of ether oxygens (including phenoxy) is 1. The van der Waals surface area contributed by atoms with Crippen molar-refractivity contribution in [3.8, 4) is 5.75 Å². The van der Waals surface area contributed by atoms with Gasteiger partial charge in [0, 0.05) is 11.9 Å². The zero-order valence-corrected chi connectivity index (χ0v) is 10.7. The molecule has 3 rings (SSSR count). The fourth-order valence-electron chi connectivity index (χ4n) is 1.92. The fraction of sp³-hybridized carbons (Fsp3) is 0.143. The molecule has 2 aromatic heterocycles. The lowest BCUT2D eigenvalue weighted by molar-refractivity contribution is 0.294. The zero-order valence-electron chi connectivity index (χ0n) is 10.7. The average Bonchev–Trinajstić information content (AvgIpc) is 2.77. The van der Waals surface area contributed by atoms with Gasteiger partial charge < -0.3 is 14.9 Å². The third kappa shape index (κ3) is 2.35. The number of aromatic nitrogens is 2. The van der Waals surface area contributed by atoms with Gasteiger partial charge in [-0.05, 0) is 36.4 Å². The van der Waals surface area contributed by atoms with E-state index in [2.05, 4.69) is 4.98 Å². The molecule has 0 bridgehead atoms. The van der Waals surface area contributed by atoms with E-state index in [1.54, 1.807) is 42.6 Å². The predicted molar refractivity (Wildman–Crippen MR) is 74.6 cm³/mol. The zero-order chi connectivity index (χ0) is 13.9. The van der Waals surface area contributed by atoms with Gasteiger partial charge in [-0.2, -0.15) is 0 Å². The largest absolute Gasteiger partial charge is 0.492 e. The number of pyridine rings is 1. The minimum absolute atomic E-state index is 0.342. The summed E-state index contributed by atoms with van der Waals surface area (Å²) in [5.74, 6) is 0.271. The van der Waals surface area contributed by atoms with Crippen molar-refractivity contribution in [3.63, 3.8) is 0 Å². The van der Waals surface area contributed by atoms with Crippen LogP contribution in [0.3, 0.4) is 0 Å². The van der Waals surface area contributed by atoms with Crippen molar-refractivity contribution in [2.75, 3.05) is 12.3 Å². The molecule has 0 aliphatic heterocycles. The van der Waals surface area contributed by atoms with Crippen LogP contribution in [0.2, 0.25) is 0 Å². The normalized spacial score (nSPS) is 10.8. The first kappa shape index (κ1) is 12.3. The van der Waals surface area contributed by atoms with E-state index in [0.29, 0.717) is 35.8 Å². The van der Waals surface area contributed by atoms with Crippen molar-refractivity contribution >= 4 is 16.9 Å². The average molecular weight is 271 g/mol. The Labute approximate surface area is 114 Å². The first-order valence-electron chi connectivity index (χ1n) is 6.17. The second kappa shape index (κ2) is 5.08. The van der Waals surface area contributed by atoms with Crippen LogP contribution in [0.25, 0.3) is 11.2 Å².